The first kappa shape index (κ1) is 12.6. The number of anilines is 2. The normalized spacial score (nSPS) is 10.7. The van der Waals surface area contributed by atoms with E-state index in [2.05, 4.69) is 20.3 Å². The molecule has 0 amide bonds. The van der Waals surface area contributed by atoms with Crippen molar-refractivity contribution in [1.29, 1.82) is 0 Å². The Balaban J connectivity index is 2.08. The summed E-state index contributed by atoms with van der Waals surface area (Å²) in [6, 6.07) is 7.68. The van der Waals surface area contributed by atoms with Crippen molar-refractivity contribution < 1.29 is 4.39 Å². The minimum absolute atomic E-state index is 0.0678. The predicted molar refractivity (Wildman–Crippen MR) is 74.9 cm³/mol. The van der Waals surface area contributed by atoms with Crippen LogP contribution in [0.1, 0.15) is 0 Å². The number of pyridine rings is 1. The van der Waals surface area contributed by atoms with Crippen LogP contribution in [0.15, 0.2) is 41.3 Å². The van der Waals surface area contributed by atoms with Gasteiger partial charge in [-0.2, -0.15) is 0 Å². The van der Waals surface area contributed by atoms with Gasteiger partial charge in [-0.1, -0.05) is 12.1 Å². The molecule has 0 aliphatic carbocycles. The zero-order valence-corrected chi connectivity index (χ0v) is 10.8. The summed E-state index contributed by atoms with van der Waals surface area (Å²) in [5, 5.41) is 3.47. The number of aromatic amines is 1. The highest BCUT2D eigenvalue weighted by molar-refractivity contribution is 6.28. The van der Waals surface area contributed by atoms with E-state index in [1.165, 1.54) is 12.3 Å². The van der Waals surface area contributed by atoms with Crippen LogP contribution in [0.5, 0.6) is 0 Å². The van der Waals surface area contributed by atoms with E-state index < -0.39 is 11.4 Å². The van der Waals surface area contributed by atoms with Gasteiger partial charge in [-0.05, 0) is 29.8 Å². The second kappa shape index (κ2) is 4.90. The average molecular weight is 291 g/mol. The first-order chi connectivity index (χ1) is 9.63. The predicted octanol–water partition coefficient (Wildman–Crippen LogP) is 2.85. The fraction of sp³-hybridized carbons (Fsp3) is 0. The Morgan fingerprint density at radius 2 is 2.15 bits per heavy atom. The molecule has 0 aliphatic rings. The largest absolute Gasteiger partial charge is 0.336 e. The number of H-pyrrole nitrogens is 1. The van der Waals surface area contributed by atoms with Crippen LogP contribution < -0.4 is 10.9 Å². The maximum absolute atomic E-state index is 13.5. The summed E-state index contributed by atoms with van der Waals surface area (Å²) in [6.45, 7) is 0. The third-order valence-corrected chi connectivity index (χ3v) is 2.90. The van der Waals surface area contributed by atoms with Crippen molar-refractivity contribution in [2.75, 3.05) is 5.32 Å². The summed E-state index contributed by atoms with van der Waals surface area (Å²) in [6.07, 6.45) is 1.46. The number of benzene rings is 1. The number of aromatic nitrogens is 3. The molecule has 3 aromatic rings. The molecular weight excluding hydrogens is 283 g/mol. The second-order valence-electron chi connectivity index (χ2n) is 4.05. The Kier molecular flexibility index (Phi) is 3.08. The van der Waals surface area contributed by atoms with Crippen LogP contribution in [-0.4, -0.2) is 15.0 Å². The summed E-state index contributed by atoms with van der Waals surface area (Å²) in [5.41, 5.74) is -0.0287. The van der Waals surface area contributed by atoms with Gasteiger partial charge in [-0.15, -0.1) is 0 Å². The number of nitrogens with zero attached hydrogens (tertiary/aromatic N) is 2. The lowest BCUT2D eigenvalue weighted by Crippen LogP contribution is -2.12. The molecule has 2 N–H and O–H groups in total. The van der Waals surface area contributed by atoms with Gasteiger partial charge in [-0.25, -0.2) is 14.4 Å². The topological polar surface area (TPSA) is 70.7 Å². The standard InChI is InChI=1S/C13H8ClFN4O/c14-13-16-5-4-10(18-13)17-9-6-7-2-1-3-8(15)11(7)19-12(9)20/h1-6H,(H,19,20)(H,16,17,18). The van der Waals surface area contributed by atoms with Crippen molar-refractivity contribution in [2.45, 2.75) is 0 Å². The van der Waals surface area contributed by atoms with Crippen molar-refractivity contribution in [1.82, 2.24) is 15.0 Å². The van der Waals surface area contributed by atoms with E-state index in [0.29, 0.717) is 11.2 Å². The van der Waals surface area contributed by atoms with Gasteiger partial charge in [0.25, 0.3) is 5.56 Å². The van der Waals surface area contributed by atoms with Gasteiger partial charge in [0.2, 0.25) is 5.28 Å². The average Bonchev–Trinajstić information content (AvgIpc) is 2.41. The minimum atomic E-state index is -0.476. The number of halogens is 2. The molecule has 0 atom stereocenters. The molecule has 5 nitrogen and oxygen atoms in total. The number of nitrogens with one attached hydrogen (secondary N) is 2. The summed E-state index contributed by atoms with van der Waals surface area (Å²) in [7, 11) is 0. The summed E-state index contributed by atoms with van der Waals surface area (Å²) >= 11 is 5.67. The van der Waals surface area contributed by atoms with E-state index in [9.17, 15) is 9.18 Å². The molecule has 0 saturated carbocycles. The molecule has 0 aliphatic heterocycles. The van der Waals surface area contributed by atoms with E-state index in [0.717, 1.165) is 0 Å². The van der Waals surface area contributed by atoms with Crippen LogP contribution in [0.25, 0.3) is 10.9 Å². The molecule has 100 valence electrons. The highest BCUT2D eigenvalue weighted by Gasteiger charge is 2.07. The van der Waals surface area contributed by atoms with Gasteiger partial charge in [0.05, 0.1) is 5.52 Å². The van der Waals surface area contributed by atoms with Crippen LogP contribution in [-0.2, 0) is 0 Å². The Morgan fingerprint density at radius 1 is 1.30 bits per heavy atom. The number of hydrogen-bond donors (Lipinski definition) is 2. The Hall–Kier alpha value is -2.47. The van der Waals surface area contributed by atoms with E-state index >= 15 is 0 Å². The van der Waals surface area contributed by atoms with Gasteiger partial charge >= 0.3 is 0 Å². The number of hydrogen-bond acceptors (Lipinski definition) is 4. The molecule has 7 heteroatoms. The van der Waals surface area contributed by atoms with Gasteiger partial charge < -0.3 is 10.3 Å². The maximum atomic E-state index is 13.5. The van der Waals surface area contributed by atoms with E-state index in [1.807, 2.05) is 0 Å². The summed E-state index contributed by atoms with van der Waals surface area (Å²) in [4.78, 5) is 22.1. The van der Waals surface area contributed by atoms with Gasteiger partial charge in [0, 0.05) is 11.6 Å². The lowest BCUT2D eigenvalue weighted by Gasteiger charge is -2.06. The zero-order chi connectivity index (χ0) is 14.1. The summed E-state index contributed by atoms with van der Waals surface area (Å²) < 4.78 is 13.5. The quantitative estimate of drug-likeness (QED) is 0.712. The molecule has 0 radical (unpaired) electrons. The van der Waals surface area contributed by atoms with Crippen molar-refractivity contribution in [3.63, 3.8) is 0 Å². The van der Waals surface area contributed by atoms with Crippen molar-refractivity contribution in [2.24, 2.45) is 0 Å². The van der Waals surface area contributed by atoms with Crippen molar-refractivity contribution >= 4 is 34.0 Å². The van der Waals surface area contributed by atoms with Crippen molar-refractivity contribution in [3.8, 4) is 0 Å². The molecule has 0 bridgehead atoms. The lowest BCUT2D eigenvalue weighted by atomic mass is 10.2. The highest BCUT2D eigenvalue weighted by Crippen LogP contribution is 2.18. The molecule has 1 aromatic carbocycles. The van der Waals surface area contributed by atoms with Crippen LogP contribution >= 0.6 is 11.6 Å². The molecule has 2 heterocycles. The fourth-order valence-corrected chi connectivity index (χ4v) is 1.98. The van der Waals surface area contributed by atoms with E-state index in [-0.39, 0.29) is 16.5 Å². The first-order valence-electron chi connectivity index (χ1n) is 5.70. The molecule has 0 fully saturated rings. The molecule has 0 unspecified atom stereocenters. The molecule has 20 heavy (non-hydrogen) atoms. The van der Waals surface area contributed by atoms with Crippen molar-refractivity contribution in [3.05, 3.63) is 58.0 Å². The summed E-state index contributed by atoms with van der Waals surface area (Å²) in [5.74, 6) is -0.0949. The van der Waals surface area contributed by atoms with Crippen LogP contribution in [0.3, 0.4) is 0 Å². The number of rotatable bonds is 2. The SMILES string of the molecule is O=c1[nH]c2c(F)cccc2cc1Nc1ccnc(Cl)n1. The third-order valence-electron chi connectivity index (χ3n) is 2.72. The molecule has 0 saturated heterocycles. The van der Waals surface area contributed by atoms with Gasteiger partial charge in [-0.3, -0.25) is 4.79 Å². The molecular formula is C13H8ClFN4O. The van der Waals surface area contributed by atoms with Gasteiger partial charge in [0.1, 0.15) is 17.3 Å². The Morgan fingerprint density at radius 3 is 2.95 bits per heavy atom. The highest BCUT2D eigenvalue weighted by atomic mass is 35.5. The van der Waals surface area contributed by atoms with E-state index in [4.69, 9.17) is 11.6 Å². The van der Waals surface area contributed by atoms with E-state index in [1.54, 1.807) is 24.3 Å². The smallest absolute Gasteiger partial charge is 0.272 e. The minimum Gasteiger partial charge on any atom is -0.336 e. The monoisotopic (exact) mass is 290 g/mol. The second-order valence-corrected chi connectivity index (χ2v) is 4.39. The Labute approximate surface area is 117 Å². The number of para-hydroxylation sites is 1. The zero-order valence-electron chi connectivity index (χ0n) is 10.0. The fourth-order valence-electron chi connectivity index (χ4n) is 1.83. The maximum Gasteiger partial charge on any atom is 0.272 e. The van der Waals surface area contributed by atoms with Crippen LogP contribution in [0.4, 0.5) is 15.9 Å². The first-order valence-corrected chi connectivity index (χ1v) is 6.08. The lowest BCUT2D eigenvalue weighted by molar-refractivity contribution is 0.636. The third kappa shape index (κ3) is 2.33. The molecule has 0 spiro atoms. The van der Waals surface area contributed by atoms with Gasteiger partial charge in [0.15, 0.2) is 0 Å². The molecule has 2 aromatic heterocycles. The van der Waals surface area contributed by atoms with Crippen LogP contribution in [0, 0.1) is 5.82 Å². The van der Waals surface area contributed by atoms with Crippen LogP contribution in [0.2, 0.25) is 5.28 Å². The Bertz CT molecular complexity index is 849. The number of fused-ring (bicyclic) bond motifs is 1. The molecule has 3 rings (SSSR count).